The molecule has 0 radical (unpaired) electrons. The number of carbonyl (C=O) groups excluding carboxylic acids is 1. The first-order valence-electron chi connectivity index (χ1n) is 4.93. The number of thioether (sulfide) groups is 1. The van der Waals surface area contributed by atoms with Gasteiger partial charge < -0.3 is 0 Å². The molecule has 17 heavy (non-hydrogen) atoms. The monoisotopic (exact) mass is 248 g/mol. The highest BCUT2D eigenvalue weighted by molar-refractivity contribution is 7.99. The van der Waals surface area contributed by atoms with Crippen LogP contribution in [0.2, 0.25) is 0 Å². The van der Waals surface area contributed by atoms with E-state index in [-0.39, 0.29) is 17.4 Å². The highest BCUT2D eigenvalue weighted by Crippen LogP contribution is 2.15. The van der Waals surface area contributed by atoms with E-state index in [2.05, 4.69) is 9.97 Å². The second-order valence-corrected chi connectivity index (χ2v) is 4.26. The number of hydrogen-bond donors (Lipinski definition) is 0. The average molecular weight is 248 g/mol. The molecule has 2 rings (SSSR count). The summed E-state index contributed by atoms with van der Waals surface area (Å²) in [5.41, 5.74) is 0.503. The summed E-state index contributed by atoms with van der Waals surface area (Å²) < 4.78 is 12.7. The smallest absolute Gasteiger partial charge is 0.173 e. The lowest BCUT2D eigenvalue weighted by molar-refractivity contribution is 0.102. The summed E-state index contributed by atoms with van der Waals surface area (Å²) in [5, 5.41) is 0.697. The highest BCUT2D eigenvalue weighted by Gasteiger charge is 2.07. The summed E-state index contributed by atoms with van der Waals surface area (Å²) in [5.74, 6) is -0.131. The molecule has 0 saturated carbocycles. The maximum Gasteiger partial charge on any atom is 0.173 e. The van der Waals surface area contributed by atoms with Crippen LogP contribution < -0.4 is 0 Å². The number of hydrogen-bond acceptors (Lipinski definition) is 4. The number of Topliss-reactive ketones (excluding diaryl/α,β-unsaturated/α-hetero) is 1. The Morgan fingerprint density at radius 2 is 2.00 bits per heavy atom. The van der Waals surface area contributed by atoms with Gasteiger partial charge in [0.05, 0.1) is 11.9 Å². The number of halogens is 1. The predicted octanol–water partition coefficient (Wildman–Crippen LogP) is 2.59. The minimum atomic E-state index is -0.344. The van der Waals surface area contributed by atoms with Gasteiger partial charge >= 0.3 is 0 Å². The van der Waals surface area contributed by atoms with Crippen LogP contribution in [0.15, 0.2) is 47.9 Å². The third-order valence-corrected chi connectivity index (χ3v) is 2.97. The van der Waals surface area contributed by atoms with Gasteiger partial charge in [-0.15, -0.1) is 0 Å². The molecule has 5 heteroatoms. The minimum Gasteiger partial charge on any atom is -0.293 e. The Balaban J connectivity index is 1.96. The van der Waals surface area contributed by atoms with Gasteiger partial charge in [-0.25, -0.2) is 9.37 Å². The summed E-state index contributed by atoms with van der Waals surface area (Å²) in [4.78, 5) is 19.7. The maximum atomic E-state index is 12.7. The summed E-state index contributed by atoms with van der Waals surface area (Å²) >= 11 is 1.31. The maximum absolute atomic E-state index is 12.7. The Bertz CT molecular complexity index is 502. The zero-order valence-electron chi connectivity index (χ0n) is 8.84. The Morgan fingerprint density at radius 1 is 1.24 bits per heavy atom. The number of ketones is 1. The van der Waals surface area contributed by atoms with Gasteiger partial charge in [0.2, 0.25) is 0 Å². The fourth-order valence-corrected chi connectivity index (χ4v) is 1.93. The van der Waals surface area contributed by atoms with E-state index in [0.29, 0.717) is 10.6 Å². The van der Waals surface area contributed by atoms with E-state index < -0.39 is 0 Å². The molecule has 0 saturated heterocycles. The first-order chi connectivity index (χ1) is 8.25. The third-order valence-electron chi connectivity index (χ3n) is 2.06. The van der Waals surface area contributed by atoms with Crippen molar-refractivity contribution in [2.24, 2.45) is 0 Å². The second-order valence-electron chi connectivity index (χ2n) is 3.26. The summed E-state index contributed by atoms with van der Waals surface area (Å²) in [6.45, 7) is 0. The van der Waals surface area contributed by atoms with Crippen LogP contribution in [0.1, 0.15) is 10.4 Å². The number of nitrogens with zero attached hydrogens (tertiary/aromatic N) is 2. The average Bonchev–Trinajstić information content (AvgIpc) is 2.38. The van der Waals surface area contributed by atoms with Crippen molar-refractivity contribution in [3.8, 4) is 0 Å². The third kappa shape index (κ3) is 3.35. The van der Waals surface area contributed by atoms with Crippen molar-refractivity contribution in [3.63, 3.8) is 0 Å². The van der Waals surface area contributed by atoms with Crippen molar-refractivity contribution in [1.29, 1.82) is 0 Å². The Hall–Kier alpha value is -1.75. The van der Waals surface area contributed by atoms with E-state index in [4.69, 9.17) is 0 Å². The van der Waals surface area contributed by atoms with Crippen molar-refractivity contribution in [3.05, 3.63) is 54.2 Å². The largest absolute Gasteiger partial charge is 0.293 e. The number of carbonyl (C=O) groups is 1. The van der Waals surface area contributed by atoms with E-state index >= 15 is 0 Å². The fraction of sp³-hybridized carbons (Fsp3) is 0.0833. The van der Waals surface area contributed by atoms with Crippen LogP contribution >= 0.6 is 11.8 Å². The number of benzene rings is 1. The molecule has 0 fully saturated rings. The number of aromatic nitrogens is 2. The van der Waals surface area contributed by atoms with Crippen LogP contribution in [-0.4, -0.2) is 21.5 Å². The standard InChI is InChI=1S/C12H9FN2OS/c13-10-3-1-9(2-4-10)11(16)8-17-12-7-14-5-6-15-12/h1-7H,8H2. The lowest BCUT2D eigenvalue weighted by Gasteiger charge is -2.00. The summed E-state index contributed by atoms with van der Waals surface area (Å²) in [7, 11) is 0. The van der Waals surface area contributed by atoms with E-state index in [1.165, 1.54) is 36.0 Å². The normalized spacial score (nSPS) is 10.2. The van der Waals surface area contributed by atoms with E-state index in [9.17, 15) is 9.18 Å². The Morgan fingerprint density at radius 3 is 2.65 bits per heavy atom. The van der Waals surface area contributed by atoms with E-state index in [1.807, 2.05) is 0 Å². The van der Waals surface area contributed by atoms with Gasteiger partial charge in [-0.05, 0) is 24.3 Å². The van der Waals surface area contributed by atoms with Crippen LogP contribution in [0, 0.1) is 5.82 Å². The van der Waals surface area contributed by atoms with Gasteiger partial charge in [-0.3, -0.25) is 9.78 Å². The van der Waals surface area contributed by atoms with Gasteiger partial charge in [0, 0.05) is 18.0 Å². The van der Waals surface area contributed by atoms with Gasteiger partial charge in [0.1, 0.15) is 10.8 Å². The first-order valence-corrected chi connectivity index (χ1v) is 5.92. The van der Waals surface area contributed by atoms with E-state index in [1.54, 1.807) is 18.6 Å². The summed E-state index contributed by atoms with van der Waals surface area (Å²) in [6.07, 6.45) is 4.75. The van der Waals surface area contributed by atoms with Crippen molar-refractivity contribution in [1.82, 2.24) is 9.97 Å². The molecule has 0 spiro atoms. The fourth-order valence-electron chi connectivity index (χ4n) is 1.22. The molecule has 1 heterocycles. The van der Waals surface area contributed by atoms with Crippen molar-refractivity contribution < 1.29 is 9.18 Å². The van der Waals surface area contributed by atoms with Crippen molar-refractivity contribution in [2.75, 3.05) is 5.75 Å². The second kappa shape index (κ2) is 5.54. The van der Waals surface area contributed by atoms with Gasteiger partial charge in [-0.1, -0.05) is 11.8 Å². The quantitative estimate of drug-likeness (QED) is 0.616. The molecular weight excluding hydrogens is 239 g/mol. The zero-order chi connectivity index (χ0) is 12.1. The molecule has 0 aliphatic heterocycles. The van der Waals surface area contributed by atoms with Crippen LogP contribution in [0.4, 0.5) is 4.39 Å². The van der Waals surface area contributed by atoms with Gasteiger partial charge in [0.15, 0.2) is 5.78 Å². The molecule has 0 bridgehead atoms. The Kier molecular flexibility index (Phi) is 3.82. The molecule has 3 nitrogen and oxygen atoms in total. The SMILES string of the molecule is O=C(CSc1cnccn1)c1ccc(F)cc1. The van der Waals surface area contributed by atoms with Crippen molar-refractivity contribution >= 4 is 17.5 Å². The predicted molar refractivity (Wildman–Crippen MR) is 63.5 cm³/mol. The molecule has 1 aromatic carbocycles. The van der Waals surface area contributed by atoms with Crippen LogP contribution in [0.5, 0.6) is 0 Å². The van der Waals surface area contributed by atoms with Crippen molar-refractivity contribution in [2.45, 2.75) is 5.03 Å². The van der Waals surface area contributed by atoms with Crippen LogP contribution in [0.3, 0.4) is 0 Å². The lowest BCUT2D eigenvalue weighted by atomic mass is 10.1. The number of rotatable bonds is 4. The molecule has 1 aromatic heterocycles. The van der Waals surface area contributed by atoms with Gasteiger partial charge in [0.25, 0.3) is 0 Å². The van der Waals surface area contributed by atoms with Crippen LogP contribution in [-0.2, 0) is 0 Å². The molecule has 2 aromatic rings. The minimum absolute atomic E-state index is 0.0550. The molecule has 86 valence electrons. The van der Waals surface area contributed by atoms with E-state index in [0.717, 1.165) is 0 Å². The molecule has 0 unspecified atom stereocenters. The lowest BCUT2D eigenvalue weighted by Crippen LogP contribution is -2.02. The molecule has 0 amide bonds. The highest BCUT2D eigenvalue weighted by atomic mass is 32.2. The molecule has 0 aliphatic carbocycles. The first kappa shape index (κ1) is 11.7. The Labute approximate surface area is 102 Å². The zero-order valence-corrected chi connectivity index (χ0v) is 9.65. The molecule has 0 aliphatic rings. The van der Waals surface area contributed by atoms with Crippen LogP contribution in [0.25, 0.3) is 0 Å². The topological polar surface area (TPSA) is 42.9 Å². The molecular formula is C12H9FN2OS. The summed E-state index contributed by atoms with van der Waals surface area (Å²) in [6, 6.07) is 5.52. The van der Waals surface area contributed by atoms with Gasteiger partial charge in [-0.2, -0.15) is 0 Å². The molecule has 0 N–H and O–H groups in total. The molecule has 0 atom stereocenters.